The third-order valence-corrected chi connectivity index (χ3v) is 3.32. The summed E-state index contributed by atoms with van der Waals surface area (Å²) in [6.45, 7) is 1.95. The number of halogens is 1. The third-order valence-electron chi connectivity index (χ3n) is 2.83. The first kappa shape index (κ1) is 13.4. The molecule has 98 valence electrons. The molecule has 5 heteroatoms. The van der Waals surface area contributed by atoms with E-state index in [1.54, 1.807) is 0 Å². The number of carbonyl (C=O) groups excluding carboxylic acids is 1. The molecule has 0 bridgehead atoms. The molecule has 1 aromatic carbocycles. The van der Waals surface area contributed by atoms with Crippen LogP contribution in [-0.2, 0) is 4.79 Å². The molecule has 1 atom stereocenters. The molecule has 1 saturated heterocycles. The summed E-state index contributed by atoms with van der Waals surface area (Å²) in [5.74, 6) is 0.630. The van der Waals surface area contributed by atoms with E-state index < -0.39 is 0 Å². The molecule has 0 unspecified atom stereocenters. The predicted molar refractivity (Wildman–Crippen MR) is 73.7 cm³/mol. The zero-order valence-electron chi connectivity index (χ0n) is 10.1. The highest BCUT2D eigenvalue weighted by Crippen LogP contribution is 2.17. The summed E-state index contributed by atoms with van der Waals surface area (Å²) in [4.78, 5) is 11.7. The Morgan fingerprint density at radius 3 is 3.17 bits per heavy atom. The maximum Gasteiger partial charge on any atom is 0.258 e. The summed E-state index contributed by atoms with van der Waals surface area (Å²) in [5.41, 5.74) is 0. The van der Waals surface area contributed by atoms with Crippen LogP contribution in [0.15, 0.2) is 28.7 Å². The fraction of sp³-hybridized carbons (Fsp3) is 0.462. The van der Waals surface area contributed by atoms with E-state index in [0.29, 0.717) is 5.75 Å². The van der Waals surface area contributed by atoms with Crippen LogP contribution in [0.3, 0.4) is 0 Å². The van der Waals surface area contributed by atoms with E-state index in [2.05, 4.69) is 26.6 Å². The lowest BCUT2D eigenvalue weighted by Gasteiger charge is -2.23. The topological polar surface area (TPSA) is 50.4 Å². The van der Waals surface area contributed by atoms with Crippen molar-refractivity contribution in [1.82, 2.24) is 10.6 Å². The second-order valence-electron chi connectivity index (χ2n) is 4.36. The van der Waals surface area contributed by atoms with Crippen LogP contribution < -0.4 is 15.4 Å². The Balaban J connectivity index is 1.74. The molecule has 18 heavy (non-hydrogen) atoms. The van der Waals surface area contributed by atoms with Gasteiger partial charge in [0.2, 0.25) is 0 Å². The zero-order valence-corrected chi connectivity index (χ0v) is 11.7. The summed E-state index contributed by atoms with van der Waals surface area (Å²) in [6, 6.07) is 7.70. The van der Waals surface area contributed by atoms with Gasteiger partial charge in [-0.15, -0.1) is 0 Å². The fourth-order valence-corrected chi connectivity index (χ4v) is 2.33. The first-order valence-corrected chi connectivity index (χ1v) is 6.92. The van der Waals surface area contributed by atoms with Crippen LogP contribution in [0, 0.1) is 0 Å². The maximum atomic E-state index is 11.7. The number of ether oxygens (including phenoxy) is 1. The largest absolute Gasteiger partial charge is 0.484 e. The molecule has 0 saturated carbocycles. The lowest BCUT2D eigenvalue weighted by atomic mass is 10.1. The molecule has 1 aliphatic heterocycles. The second kappa shape index (κ2) is 6.75. The van der Waals surface area contributed by atoms with Crippen molar-refractivity contribution in [1.29, 1.82) is 0 Å². The number of piperidine rings is 1. The van der Waals surface area contributed by atoms with Crippen molar-refractivity contribution in [3.05, 3.63) is 28.7 Å². The van der Waals surface area contributed by atoms with Gasteiger partial charge in [-0.2, -0.15) is 0 Å². The summed E-state index contributed by atoms with van der Waals surface area (Å²) in [5, 5.41) is 6.23. The molecule has 1 aliphatic rings. The van der Waals surface area contributed by atoms with Crippen molar-refractivity contribution in [3.63, 3.8) is 0 Å². The molecule has 4 nitrogen and oxygen atoms in total. The molecule has 0 spiro atoms. The van der Waals surface area contributed by atoms with Crippen LogP contribution in [0.1, 0.15) is 12.8 Å². The average molecular weight is 313 g/mol. The molecular weight excluding hydrogens is 296 g/mol. The summed E-state index contributed by atoms with van der Waals surface area (Å²) >= 11 is 3.36. The maximum absolute atomic E-state index is 11.7. The molecule has 1 amide bonds. The van der Waals surface area contributed by atoms with E-state index in [1.165, 1.54) is 0 Å². The molecule has 2 rings (SSSR count). The Bertz CT molecular complexity index is 406. The minimum Gasteiger partial charge on any atom is -0.484 e. The predicted octanol–water partition coefficient (Wildman–Crippen LogP) is 1.70. The van der Waals surface area contributed by atoms with E-state index >= 15 is 0 Å². The van der Waals surface area contributed by atoms with E-state index in [9.17, 15) is 4.79 Å². The van der Waals surface area contributed by atoms with Gasteiger partial charge in [0.05, 0.1) is 0 Å². The van der Waals surface area contributed by atoms with Gasteiger partial charge in [-0.3, -0.25) is 4.79 Å². The van der Waals surface area contributed by atoms with Crippen LogP contribution in [0.25, 0.3) is 0 Å². The summed E-state index contributed by atoms with van der Waals surface area (Å²) < 4.78 is 6.37. The number of rotatable bonds is 4. The van der Waals surface area contributed by atoms with Crippen LogP contribution in [0.5, 0.6) is 5.75 Å². The molecule has 1 aromatic rings. The molecule has 2 N–H and O–H groups in total. The zero-order chi connectivity index (χ0) is 12.8. The highest BCUT2D eigenvalue weighted by atomic mass is 79.9. The minimum absolute atomic E-state index is 0.0625. The van der Waals surface area contributed by atoms with Crippen LogP contribution in [-0.4, -0.2) is 31.6 Å². The van der Waals surface area contributed by atoms with Crippen molar-refractivity contribution in [2.45, 2.75) is 18.9 Å². The van der Waals surface area contributed by atoms with Gasteiger partial charge in [0, 0.05) is 17.1 Å². The van der Waals surface area contributed by atoms with Gasteiger partial charge >= 0.3 is 0 Å². The molecule has 0 radical (unpaired) electrons. The second-order valence-corrected chi connectivity index (χ2v) is 5.27. The van der Waals surface area contributed by atoms with Gasteiger partial charge < -0.3 is 15.4 Å². The standard InChI is InChI=1S/C13H17BrN2O2/c14-10-3-1-5-12(7-10)18-9-13(17)16-11-4-2-6-15-8-11/h1,3,5,7,11,15H,2,4,6,8-9H2,(H,16,17)/t11-/m0/s1. The molecule has 0 aromatic heterocycles. The van der Waals surface area contributed by atoms with Gasteiger partial charge in [0.15, 0.2) is 6.61 Å². The van der Waals surface area contributed by atoms with Gasteiger partial charge in [-0.05, 0) is 37.6 Å². The smallest absolute Gasteiger partial charge is 0.258 e. The number of nitrogens with one attached hydrogen (secondary N) is 2. The molecule has 0 aliphatic carbocycles. The van der Waals surface area contributed by atoms with Crippen molar-refractivity contribution in [3.8, 4) is 5.75 Å². The highest BCUT2D eigenvalue weighted by molar-refractivity contribution is 9.10. The lowest BCUT2D eigenvalue weighted by Crippen LogP contribution is -2.46. The first-order valence-electron chi connectivity index (χ1n) is 6.12. The Morgan fingerprint density at radius 2 is 2.44 bits per heavy atom. The normalized spacial score (nSPS) is 19.3. The lowest BCUT2D eigenvalue weighted by molar-refractivity contribution is -0.123. The number of benzene rings is 1. The summed E-state index contributed by atoms with van der Waals surface area (Å²) in [7, 11) is 0. The van der Waals surface area contributed by atoms with Crippen LogP contribution in [0.2, 0.25) is 0 Å². The Labute approximate surface area is 115 Å². The van der Waals surface area contributed by atoms with E-state index in [4.69, 9.17) is 4.74 Å². The Hall–Kier alpha value is -1.07. The Kier molecular flexibility index (Phi) is 5.01. The van der Waals surface area contributed by atoms with E-state index in [1.807, 2.05) is 24.3 Å². The van der Waals surface area contributed by atoms with Gasteiger partial charge in [-0.1, -0.05) is 22.0 Å². The summed E-state index contributed by atoms with van der Waals surface area (Å²) in [6.07, 6.45) is 2.15. The minimum atomic E-state index is -0.0660. The Morgan fingerprint density at radius 1 is 1.56 bits per heavy atom. The number of amides is 1. The number of hydrogen-bond acceptors (Lipinski definition) is 3. The van der Waals surface area contributed by atoms with Crippen molar-refractivity contribution >= 4 is 21.8 Å². The third kappa shape index (κ3) is 4.31. The average Bonchev–Trinajstić information content (AvgIpc) is 2.38. The SMILES string of the molecule is O=C(COc1cccc(Br)c1)N[C@H]1CCCNC1. The molecular formula is C13H17BrN2O2. The highest BCUT2D eigenvalue weighted by Gasteiger charge is 2.15. The van der Waals surface area contributed by atoms with Crippen molar-refractivity contribution in [2.24, 2.45) is 0 Å². The van der Waals surface area contributed by atoms with Gasteiger partial charge in [-0.25, -0.2) is 0 Å². The molecule has 1 heterocycles. The van der Waals surface area contributed by atoms with Gasteiger partial charge in [0.1, 0.15) is 5.75 Å². The quantitative estimate of drug-likeness (QED) is 0.889. The van der Waals surface area contributed by atoms with Crippen LogP contribution >= 0.6 is 15.9 Å². The van der Waals surface area contributed by atoms with Gasteiger partial charge in [0.25, 0.3) is 5.91 Å². The monoisotopic (exact) mass is 312 g/mol. The first-order chi connectivity index (χ1) is 8.74. The van der Waals surface area contributed by atoms with Crippen LogP contribution in [0.4, 0.5) is 0 Å². The van der Waals surface area contributed by atoms with E-state index in [0.717, 1.165) is 30.4 Å². The van der Waals surface area contributed by atoms with Crippen molar-refractivity contribution < 1.29 is 9.53 Å². The molecule has 1 fully saturated rings. The van der Waals surface area contributed by atoms with E-state index in [-0.39, 0.29) is 18.6 Å². The van der Waals surface area contributed by atoms with Crippen molar-refractivity contribution in [2.75, 3.05) is 19.7 Å². The number of hydrogen-bond donors (Lipinski definition) is 2. The fourth-order valence-electron chi connectivity index (χ4n) is 1.95. The number of carbonyl (C=O) groups is 1.